The summed E-state index contributed by atoms with van der Waals surface area (Å²) in [5.41, 5.74) is 5.67. The van der Waals surface area contributed by atoms with Crippen molar-refractivity contribution in [2.75, 3.05) is 0 Å². The van der Waals surface area contributed by atoms with E-state index in [9.17, 15) is 17.6 Å². The van der Waals surface area contributed by atoms with E-state index in [-0.39, 0.29) is 0 Å². The molecule has 0 aliphatic carbocycles. The fourth-order valence-electron chi connectivity index (χ4n) is 1.76. The van der Waals surface area contributed by atoms with Crippen LogP contribution in [0.3, 0.4) is 0 Å². The van der Waals surface area contributed by atoms with Gasteiger partial charge in [0, 0.05) is 11.4 Å². The highest BCUT2D eigenvalue weighted by molar-refractivity contribution is 7.10. The maximum absolute atomic E-state index is 13.4. The standard InChI is InChI=1S/C13H11F4NS/c14-12-5-8(1-2-11(12)13(15,16)17)3-9-4-10(6-18)19-7-9/h1-2,4-5,7H,3,6,18H2. The third-order valence-corrected chi connectivity index (χ3v) is 3.66. The lowest BCUT2D eigenvalue weighted by molar-refractivity contribution is -0.140. The lowest BCUT2D eigenvalue weighted by atomic mass is 10.0. The summed E-state index contributed by atoms with van der Waals surface area (Å²) in [7, 11) is 0. The summed E-state index contributed by atoms with van der Waals surface area (Å²) in [6, 6.07) is 4.88. The molecule has 0 aliphatic rings. The van der Waals surface area contributed by atoms with Crippen molar-refractivity contribution in [1.82, 2.24) is 0 Å². The number of hydrogen-bond acceptors (Lipinski definition) is 2. The first kappa shape index (κ1) is 14.0. The summed E-state index contributed by atoms with van der Waals surface area (Å²) in [5, 5.41) is 1.87. The predicted molar refractivity (Wildman–Crippen MR) is 66.4 cm³/mol. The van der Waals surface area contributed by atoms with Crippen LogP contribution in [0.25, 0.3) is 0 Å². The Kier molecular flexibility index (Phi) is 3.91. The molecule has 0 bridgehead atoms. The molecule has 102 valence electrons. The van der Waals surface area contributed by atoms with E-state index in [1.165, 1.54) is 17.4 Å². The van der Waals surface area contributed by atoms with Crippen LogP contribution in [0, 0.1) is 5.82 Å². The van der Waals surface area contributed by atoms with Crippen molar-refractivity contribution in [3.8, 4) is 0 Å². The second-order valence-electron chi connectivity index (χ2n) is 4.11. The van der Waals surface area contributed by atoms with E-state index in [0.717, 1.165) is 22.6 Å². The van der Waals surface area contributed by atoms with Crippen LogP contribution in [0.15, 0.2) is 29.6 Å². The van der Waals surface area contributed by atoms with Gasteiger partial charge in [-0.25, -0.2) is 4.39 Å². The molecule has 2 rings (SSSR count). The second kappa shape index (κ2) is 5.30. The smallest absolute Gasteiger partial charge is 0.326 e. The lowest BCUT2D eigenvalue weighted by Crippen LogP contribution is -2.08. The molecule has 0 saturated heterocycles. The minimum Gasteiger partial charge on any atom is -0.326 e. The molecule has 1 heterocycles. The number of hydrogen-bond donors (Lipinski definition) is 1. The zero-order valence-corrected chi connectivity index (χ0v) is 10.6. The summed E-state index contributed by atoms with van der Waals surface area (Å²) in [6.07, 6.45) is -4.26. The molecule has 1 nitrogen and oxygen atoms in total. The van der Waals surface area contributed by atoms with Crippen molar-refractivity contribution >= 4 is 11.3 Å². The molecule has 0 atom stereocenters. The van der Waals surface area contributed by atoms with Crippen molar-refractivity contribution in [2.24, 2.45) is 5.73 Å². The van der Waals surface area contributed by atoms with Gasteiger partial charge in [0.2, 0.25) is 0 Å². The van der Waals surface area contributed by atoms with Crippen LogP contribution in [-0.4, -0.2) is 0 Å². The third kappa shape index (κ3) is 3.33. The van der Waals surface area contributed by atoms with Gasteiger partial charge in [0.15, 0.2) is 0 Å². The Hall–Kier alpha value is -1.40. The minimum atomic E-state index is -4.66. The Morgan fingerprint density at radius 1 is 1.11 bits per heavy atom. The van der Waals surface area contributed by atoms with Crippen LogP contribution in [0.4, 0.5) is 17.6 Å². The molecule has 0 spiro atoms. The van der Waals surface area contributed by atoms with Gasteiger partial charge in [0.25, 0.3) is 0 Å². The molecule has 1 aromatic carbocycles. The van der Waals surface area contributed by atoms with Crippen LogP contribution in [0.1, 0.15) is 21.6 Å². The zero-order chi connectivity index (χ0) is 14.0. The number of nitrogens with two attached hydrogens (primary N) is 1. The van der Waals surface area contributed by atoms with Crippen LogP contribution < -0.4 is 5.73 Å². The van der Waals surface area contributed by atoms with Gasteiger partial charge in [0.1, 0.15) is 5.82 Å². The molecule has 0 saturated carbocycles. The fraction of sp³-hybridized carbons (Fsp3) is 0.231. The molecule has 0 radical (unpaired) electrons. The number of alkyl halides is 3. The minimum absolute atomic E-state index is 0.394. The maximum Gasteiger partial charge on any atom is 0.419 e. The Labute approximate surface area is 111 Å². The summed E-state index contributed by atoms with van der Waals surface area (Å²) in [5.74, 6) is -1.24. The van der Waals surface area contributed by atoms with Crippen LogP contribution >= 0.6 is 11.3 Å². The third-order valence-electron chi connectivity index (χ3n) is 2.66. The van der Waals surface area contributed by atoms with Crippen molar-refractivity contribution in [1.29, 1.82) is 0 Å². The average Bonchev–Trinajstić information content (AvgIpc) is 2.75. The Balaban J connectivity index is 2.20. The van der Waals surface area contributed by atoms with Crippen molar-refractivity contribution in [3.63, 3.8) is 0 Å². The molecule has 2 N–H and O–H groups in total. The molecule has 0 unspecified atom stereocenters. The highest BCUT2D eigenvalue weighted by Crippen LogP contribution is 2.32. The average molecular weight is 289 g/mol. The van der Waals surface area contributed by atoms with Gasteiger partial charge in [-0.2, -0.15) is 13.2 Å². The van der Waals surface area contributed by atoms with Gasteiger partial charge in [-0.15, -0.1) is 11.3 Å². The number of rotatable bonds is 3. The van der Waals surface area contributed by atoms with Gasteiger partial charge < -0.3 is 5.73 Å². The van der Waals surface area contributed by atoms with E-state index >= 15 is 0 Å². The molecule has 0 fully saturated rings. The Bertz CT molecular complexity index is 574. The van der Waals surface area contributed by atoms with Gasteiger partial charge in [-0.05, 0) is 41.1 Å². The van der Waals surface area contributed by atoms with E-state index in [1.807, 2.05) is 11.4 Å². The van der Waals surface area contributed by atoms with Crippen LogP contribution in [0.2, 0.25) is 0 Å². The van der Waals surface area contributed by atoms with E-state index in [0.29, 0.717) is 18.5 Å². The molecule has 0 amide bonds. The number of thiophene rings is 1. The second-order valence-corrected chi connectivity index (χ2v) is 5.11. The van der Waals surface area contributed by atoms with Gasteiger partial charge >= 0.3 is 6.18 Å². The van der Waals surface area contributed by atoms with Crippen LogP contribution in [-0.2, 0) is 19.1 Å². The first-order valence-corrected chi connectivity index (χ1v) is 6.40. The van der Waals surface area contributed by atoms with Crippen LogP contribution in [0.5, 0.6) is 0 Å². The summed E-state index contributed by atoms with van der Waals surface area (Å²) in [6.45, 7) is 0.423. The van der Waals surface area contributed by atoms with Gasteiger partial charge in [-0.1, -0.05) is 6.07 Å². The molecular weight excluding hydrogens is 278 g/mol. The maximum atomic E-state index is 13.4. The van der Waals surface area contributed by atoms with Crippen molar-refractivity contribution in [3.05, 3.63) is 57.0 Å². The molecule has 6 heteroatoms. The SMILES string of the molecule is NCc1cc(Cc2ccc(C(F)(F)F)c(F)c2)cs1. The van der Waals surface area contributed by atoms with Gasteiger partial charge in [0.05, 0.1) is 5.56 Å². The van der Waals surface area contributed by atoms with Gasteiger partial charge in [-0.3, -0.25) is 0 Å². The fourth-order valence-corrected chi connectivity index (χ4v) is 2.53. The summed E-state index contributed by atoms with van der Waals surface area (Å²) >= 11 is 1.48. The van der Waals surface area contributed by atoms with Crippen molar-refractivity contribution < 1.29 is 17.6 Å². The normalized spacial score (nSPS) is 11.8. The van der Waals surface area contributed by atoms with E-state index in [4.69, 9.17) is 5.73 Å². The lowest BCUT2D eigenvalue weighted by Gasteiger charge is -2.09. The zero-order valence-electron chi connectivity index (χ0n) is 9.80. The predicted octanol–water partition coefficient (Wildman–Crippen LogP) is 3.96. The van der Waals surface area contributed by atoms with Crippen molar-refractivity contribution in [2.45, 2.75) is 19.1 Å². The van der Waals surface area contributed by atoms with E-state index < -0.39 is 17.6 Å². The summed E-state index contributed by atoms with van der Waals surface area (Å²) < 4.78 is 50.6. The first-order chi connectivity index (χ1) is 8.90. The molecule has 1 aromatic heterocycles. The number of halogens is 4. The van der Waals surface area contributed by atoms with E-state index in [1.54, 1.807) is 0 Å². The monoisotopic (exact) mass is 289 g/mol. The largest absolute Gasteiger partial charge is 0.419 e. The molecule has 2 aromatic rings. The molecular formula is C13H11F4NS. The summed E-state index contributed by atoms with van der Waals surface area (Å²) in [4.78, 5) is 0.988. The topological polar surface area (TPSA) is 26.0 Å². The van der Waals surface area contributed by atoms with E-state index in [2.05, 4.69) is 0 Å². The highest BCUT2D eigenvalue weighted by atomic mass is 32.1. The molecule has 0 aliphatic heterocycles. The molecule has 19 heavy (non-hydrogen) atoms. The Morgan fingerprint density at radius 2 is 1.84 bits per heavy atom. The first-order valence-electron chi connectivity index (χ1n) is 5.52. The number of benzene rings is 1. The highest BCUT2D eigenvalue weighted by Gasteiger charge is 2.33. The quantitative estimate of drug-likeness (QED) is 0.851. The Morgan fingerprint density at radius 3 is 2.37 bits per heavy atom.